The van der Waals surface area contributed by atoms with Crippen LogP contribution in [-0.2, 0) is 0 Å². The Morgan fingerprint density at radius 1 is 0.273 bits per heavy atom. The van der Waals surface area contributed by atoms with Gasteiger partial charge >= 0.3 is 0 Å². The van der Waals surface area contributed by atoms with E-state index in [9.17, 15) is 0 Å². The molecule has 0 heteroatoms. The van der Waals surface area contributed by atoms with Crippen LogP contribution in [0.25, 0.3) is 0 Å². The first kappa shape index (κ1) is 34.6. The van der Waals surface area contributed by atoms with E-state index in [1.165, 1.54) is 161 Å². The second kappa shape index (κ2) is 36.1. The predicted octanol–water partition coefficient (Wildman–Crippen LogP) is 12.9. The molecule has 33 heavy (non-hydrogen) atoms. The standard InChI is InChI=1S/C19H38.C14H28/c1-3-5-7-9-11-13-15-17-19-18-16-14-12-10-8-6-4-2;1-3-5-7-9-11-13-14-12-10-8-6-4-2/h5,7H,3-4,6,8-19H2,1-2H3;7,9H,3-6,8,10-14H2,1-2H3/b7-5+;9-7+. The Morgan fingerprint density at radius 3 is 0.909 bits per heavy atom. The molecule has 0 aromatic rings. The third-order valence-corrected chi connectivity index (χ3v) is 6.47. The number of allylic oxidation sites excluding steroid dienone is 4. The van der Waals surface area contributed by atoms with Gasteiger partial charge in [0.25, 0.3) is 0 Å². The van der Waals surface area contributed by atoms with E-state index in [1.54, 1.807) is 0 Å². The van der Waals surface area contributed by atoms with Crippen LogP contribution < -0.4 is 0 Å². The number of rotatable bonds is 25. The van der Waals surface area contributed by atoms with Crippen LogP contribution in [0.5, 0.6) is 0 Å². The lowest BCUT2D eigenvalue weighted by molar-refractivity contribution is 0.540. The maximum atomic E-state index is 2.36. The third-order valence-electron chi connectivity index (χ3n) is 6.47. The van der Waals surface area contributed by atoms with Crippen molar-refractivity contribution in [3.63, 3.8) is 0 Å². The van der Waals surface area contributed by atoms with E-state index in [1.807, 2.05) is 0 Å². The highest BCUT2D eigenvalue weighted by atomic mass is 14.0. The van der Waals surface area contributed by atoms with Gasteiger partial charge in [-0.1, -0.05) is 174 Å². The van der Waals surface area contributed by atoms with Crippen LogP contribution in [0.1, 0.15) is 188 Å². The fourth-order valence-corrected chi connectivity index (χ4v) is 4.19. The van der Waals surface area contributed by atoms with Gasteiger partial charge in [0.1, 0.15) is 0 Å². The molecule has 0 N–H and O–H groups in total. The summed E-state index contributed by atoms with van der Waals surface area (Å²) in [5.41, 5.74) is 0. The molecular weight excluding hydrogens is 396 g/mol. The van der Waals surface area contributed by atoms with Gasteiger partial charge in [-0.15, -0.1) is 0 Å². The molecule has 0 aliphatic rings. The molecule has 0 heterocycles. The van der Waals surface area contributed by atoms with Crippen molar-refractivity contribution in [1.82, 2.24) is 0 Å². The summed E-state index contributed by atoms with van der Waals surface area (Å²) in [6, 6.07) is 0. The molecule has 0 unspecified atom stereocenters. The highest BCUT2D eigenvalue weighted by Gasteiger charge is 1.93. The summed E-state index contributed by atoms with van der Waals surface area (Å²) < 4.78 is 0. The summed E-state index contributed by atoms with van der Waals surface area (Å²) in [7, 11) is 0. The number of unbranched alkanes of at least 4 members (excludes halogenated alkanes) is 21. The summed E-state index contributed by atoms with van der Waals surface area (Å²) in [5, 5.41) is 0. The Bertz CT molecular complexity index is 351. The fraction of sp³-hybridized carbons (Fsp3) is 0.879. The maximum absolute atomic E-state index is 2.36. The molecule has 0 nitrogen and oxygen atoms in total. The summed E-state index contributed by atoms with van der Waals surface area (Å²) in [6.07, 6.45) is 44.5. The van der Waals surface area contributed by atoms with E-state index in [4.69, 9.17) is 0 Å². The zero-order valence-corrected chi connectivity index (χ0v) is 24.0. The SMILES string of the molecule is CC/C=C/CCCCCCCCCCCCCCC.CCC/C=C/CCCCCCCCC. The molecule has 0 aromatic heterocycles. The molecule has 0 rings (SSSR count). The van der Waals surface area contributed by atoms with Gasteiger partial charge in [-0.2, -0.15) is 0 Å². The predicted molar refractivity (Wildman–Crippen MR) is 156 cm³/mol. The topological polar surface area (TPSA) is 0 Å². The second-order valence-corrected chi connectivity index (χ2v) is 10.1. The molecule has 0 radical (unpaired) electrons. The van der Waals surface area contributed by atoms with Crippen molar-refractivity contribution in [2.45, 2.75) is 188 Å². The normalized spacial score (nSPS) is 11.4. The number of hydrogen-bond acceptors (Lipinski definition) is 0. The van der Waals surface area contributed by atoms with Crippen LogP contribution in [0.3, 0.4) is 0 Å². The molecule has 0 saturated carbocycles. The minimum absolute atomic E-state index is 1.19. The monoisotopic (exact) mass is 463 g/mol. The minimum Gasteiger partial charge on any atom is -0.0888 e. The molecular formula is C33H66. The fourth-order valence-electron chi connectivity index (χ4n) is 4.19. The smallest absolute Gasteiger partial charge is 0.0351 e. The van der Waals surface area contributed by atoms with E-state index >= 15 is 0 Å². The Hall–Kier alpha value is -0.520. The molecule has 0 atom stereocenters. The van der Waals surface area contributed by atoms with Crippen molar-refractivity contribution in [3.05, 3.63) is 24.3 Å². The average molecular weight is 463 g/mol. The first-order valence-corrected chi connectivity index (χ1v) is 15.6. The third kappa shape index (κ3) is 39.0. The number of hydrogen-bond donors (Lipinski definition) is 0. The average Bonchev–Trinajstić information content (AvgIpc) is 2.83. The molecule has 0 bridgehead atoms. The molecule has 198 valence electrons. The first-order chi connectivity index (χ1) is 16.3. The van der Waals surface area contributed by atoms with Crippen molar-refractivity contribution in [2.24, 2.45) is 0 Å². The van der Waals surface area contributed by atoms with Crippen molar-refractivity contribution in [1.29, 1.82) is 0 Å². The highest BCUT2D eigenvalue weighted by Crippen LogP contribution is 2.13. The van der Waals surface area contributed by atoms with Gasteiger partial charge in [-0.3, -0.25) is 0 Å². The van der Waals surface area contributed by atoms with E-state index in [0.717, 1.165) is 0 Å². The van der Waals surface area contributed by atoms with Gasteiger partial charge in [0.15, 0.2) is 0 Å². The van der Waals surface area contributed by atoms with Crippen molar-refractivity contribution < 1.29 is 0 Å². The lowest BCUT2D eigenvalue weighted by Crippen LogP contribution is -1.82. The van der Waals surface area contributed by atoms with Crippen LogP contribution >= 0.6 is 0 Å². The van der Waals surface area contributed by atoms with Gasteiger partial charge in [-0.05, 0) is 38.5 Å². The van der Waals surface area contributed by atoms with Crippen LogP contribution in [0.4, 0.5) is 0 Å². The lowest BCUT2D eigenvalue weighted by atomic mass is 10.0. The van der Waals surface area contributed by atoms with E-state index in [0.29, 0.717) is 0 Å². The summed E-state index contributed by atoms with van der Waals surface area (Å²) in [6.45, 7) is 9.01. The first-order valence-electron chi connectivity index (χ1n) is 15.6. The Kier molecular flexibility index (Phi) is 37.9. The van der Waals surface area contributed by atoms with Crippen LogP contribution in [0.15, 0.2) is 24.3 Å². The zero-order valence-electron chi connectivity index (χ0n) is 24.0. The Morgan fingerprint density at radius 2 is 0.576 bits per heavy atom. The zero-order chi connectivity index (χ0) is 24.5. The molecule has 0 aliphatic carbocycles. The molecule has 0 aliphatic heterocycles. The van der Waals surface area contributed by atoms with Crippen molar-refractivity contribution in [2.75, 3.05) is 0 Å². The largest absolute Gasteiger partial charge is 0.0888 e. The highest BCUT2D eigenvalue weighted by molar-refractivity contribution is 4.80. The minimum atomic E-state index is 1.19. The maximum Gasteiger partial charge on any atom is -0.0351 e. The lowest BCUT2D eigenvalue weighted by Gasteiger charge is -2.02. The Labute approximate surface area is 212 Å². The van der Waals surface area contributed by atoms with Gasteiger partial charge in [0, 0.05) is 0 Å². The van der Waals surface area contributed by atoms with Crippen LogP contribution in [0, 0.1) is 0 Å². The summed E-state index contributed by atoms with van der Waals surface area (Å²) in [5.74, 6) is 0. The molecule has 0 fully saturated rings. The van der Waals surface area contributed by atoms with Gasteiger partial charge in [0.05, 0.1) is 0 Å². The summed E-state index contributed by atoms with van der Waals surface area (Å²) in [4.78, 5) is 0. The van der Waals surface area contributed by atoms with Crippen LogP contribution in [0.2, 0.25) is 0 Å². The van der Waals surface area contributed by atoms with Gasteiger partial charge in [0.2, 0.25) is 0 Å². The molecule has 0 spiro atoms. The van der Waals surface area contributed by atoms with Crippen molar-refractivity contribution in [3.8, 4) is 0 Å². The molecule has 0 amide bonds. The Balaban J connectivity index is 0. The van der Waals surface area contributed by atoms with E-state index in [2.05, 4.69) is 52.0 Å². The molecule has 0 aromatic carbocycles. The van der Waals surface area contributed by atoms with Crippen LogP contribution in [-0.4, -0.2) is 0 Å². The van der Waals surface area contributed by atoms with E-state index < -0.39 is 0 Å². The van der Waals surface area contributed by atoms with Gasteiger partial charge < -0.3 is 0 Å². The van der Waals surface area contributed by atoms with Gasteiger partial charge in [-0.25, -0.2) is 0 Å². The second-order valence-electron chi connectivity index (χ2n) is 10.1. The molecule has 0 saturated heterocycles. The summed E-state index contributed by atoms with van der Waals surface area (Å²) >= 11 is 0. The quantitative estimate of drug-likeness (QED) is 0.0934. The van der Waals surface area contributed by atoms with Crippen molar-refractivity contribution >= 4 is 0 Å². The van der Waals surface area contributed by atoms with E-state index in [-0.39, 0.29) is 0 Å².